The van der Waals surface area contributed by atoms with Crippen LogP contribution in [0, 0.1) is 0 Å². The van der Waals surface area contributed by atoms with E-state index in [0.717, 1.165) is 55.7 Å². The molecule has 2 fully saturated rings. The molecule has 0 aliphatic carbocycles. The molecule has 27 heavy (non-hydrogen) atoms. The number of imide groups is 2. The van der Waals surface area contributed by atoms with Gasteiger partial charge in [0.15, 0.2) is 11.7 Å². The molecule has 2 aromatic rings. The predicted octanol–water partition coefficient (Wildman–Crippen LogP) is 1.56. The van der Waals surface area contributed by atoms with Crippen molar-refractivity contribution in [3.63, 3.8) is 0 Å². The van der Waals surface area contributed by atoms with E-state index < -0.39 is 17.8 Å². The molecule has 1 aromatic carbocycles. The van der Waals surface area contributed by atoms with Gasteiger partial charge >= 0.3 is 17.8 Å². The number of rotatable bonds is 4. The van der Waals surface area contributed by atoms with Crippen molar-refractivity contribution in [2.45, 2.75) is 45.2 Å². The zero-order valence-electron chi connectivity index (χ0n) is 15.5. The first-order valence-electron chi connectivity index (χ1n) is 9.36. The predicted molar refractivity (Wildman–Crippen MR) is 101 cm³/mol. The molecular formula is C19H23N4O3S+. The van der Waals surface area contributed by atoms with Crippen molar-refractivity contribution in [2.24, 2.45) is 0 Å². The first-order chi connectivity index (χ1) is 13.0. The molecule has 2 saturated heterocycles. The maximum Gasteiger partial charge on any atom is 0.338 e. The minimum absolute atomic E-state index is 0.139. The number of piperidine rings is 1. The number of hydrogen-bond acceptors (Lipinski definition) is 5. The van der Waals surface area contributed by atoms with E-state index in [1.165, 1.54) is 0 Å². The van der Waals surface area contributed by atoms with Crippen molar-refractivity contribution in [2.75, 3.05) is 13.2 Å². The van der Waals surface area contributed by atoms with Gasteiger partial charge in [0.1, 0.15) is 6.04 Å². The number of hydrogen-bond donors (Lipinski definition) is 1. The Bertz CT molecular complexity index is 876. The van der Waals surface area contributed by atoms with E-state index in [9.17, 15) is 14.4 Å². The zero-order valence-corrected chi connectivity index (χ0v) is 16.3. The number of thiazole rings is 1. The molecule has 0 radical (unpaired) electrons. The molecule has 142 valence electrons. The molecule has 3 heterocycles. The molecule has 4 rings (SSSR count). The molecule has 0 bridgehead atoms. The second-order valence-electron chi connectivity index (χ2n) is 7.42. The molecule has 1 aromatic heterocycles. The van der Waals surface area contributed by atoms with Crippen molar-refractivity contribution >= 4 is 39.4 Å². The fourth-order valence-electron chi connectivity index (χ4n) is 3.93. The summed E-state index contributed by atoms with van der Waals surface area (Å²) in [6.07, 6.45) is 3.10. The van der Waals surface area contributed by atoms with Crippen LogP contribution in [0.5, 0.6) is 0 Å². The summed E-state index contributed by atoms with van der Waals surface area (Å²) in [6, 6.07) is 7.36. The monoisotopic (exact) mass is 387 g/mol. The molecule has 8 heteroatoms. The van der Waals surface area contributed by atoms with Gasteiger partial charge in [-0.1, -0.05) is 12.1 Å². The maximum absolute atomic E-state index is 12.6. The van der Waals surface area contributed by atoms with Gasteiger partial charge in [0.05, 0.1) is 16.8 Å². The highest BCUT2D eigenvalue weighted by atomic mass is 32.1. The number of aromatic nitrogens is 1. The summed E-state index contributed by atoms with van der Waals surface area (Å²) in [5, 5.41) is 1.04. The summed E-state index contributed by atoms with van der Waals surface area (Å²) in [6.45, 7) is 4.55. The number of likely N-dealkylation sites (tertiary alicyclic amines) is 1. The van der Waals surface area contributed by atoms with Crippen LogP contribution in [0.2, 0.25) is 0 Å². The summed E-state index contributed by atoms with van der Waals surface area (Å²) < 4.78 is 1.15. The van der Waals surface area contributed by atoms with Crippen molar-refractivity contribution in [1.29, 1.82) is 0 Å². The number of nitrogens with one attached hydrogen (secondary N) is 1. The lowest BCUT2D eigenvalue weighted by molar-refractivity contribution is -0.943. The van der Waals surface area contributed by atoms with Gasteiger partial charge in [0.2, 0.25) is 0 Å². The number of urea groups is 1. The Balaban J connectivity index is 1.59. The summed E-state index contributed by atoms with van der Waals surface area (Å²) in [5.41, 5.74) is 0.983. The molecule has 1 unspecified atom stereocenters. The molecule has 4 amide bonds. The molecule has 0 saturated carbocycles. The van der Waals surface area contributed by atoms with Crippen LogP contribution in [-0.4, -0.2) is 51.9 Å². The van der Waals surface area contributed by atoms with Gasteiger partial charge in [-0.2, -0.15) is 0 Å². The largest absolute Gasteiger partial charge is 0.338 e. The SMILES string of the molecule is CC(C)N1C(=O)C(=O)N(C[NH+]2CCCC[C@@H]2c2nc3ccccc3s2)C1=O. The lowest BCUT2D eigenvalue weighted by atomic mass is 10.0. The summed E-state index contributed by atoms with van der Waals surface area (Å²) in [5.74, 6) is -1.43. The average Bonchev–Trinajstić information content (AvgIpc) is 3.17. The smallest absolute Gasteiger partial charge is 0.309 e. The van der Waals surface area contributed by atoms with E-state index in [2.05, 4.69) is 6.07 Å². The van der Waals surface area contributed by atoms with Gasteiger partial charge < -0.3 is 4.90 Å². The van der Waals surface area contributed by atoms with Gasteiger partial charge in [-0.25, -0.2) is 14.7 Å². The average molecular weight is 387 g/mol. The highest BCUT2D eigenvalue weighted by Gasteiger charge is 2.48. The van der Waals surface area contributed by atoms with Crippen LogP contribution in [-0.2, 0) is 9.59 Å². The van der Waals surface area contributed by atoms with E-state index in [1.807, 2.05) is 18.2 Å². The molecule has 2 aliphatic rings. The van der Waals surface area contributed by atoms with Gasteiger partial charge in [-0.05, 0) is 38.8 Å². The van der Waals surface area contributed by atoms with Crippen molar-refractivity contribution in [1.82, 2.24) is 14.8 Å². The van der Waals surface area contributed by atoms with E-state index in [4.69, 9.17) is 4.98 Å². The molecular weight excluding hydrogens is 364 g/mol. The quantitative estimate of drug-likeness (QED) is 0.638. The van der Waals surface area contributed by atoms with Crippen LogP contribution in [0.3, 0.4) is 0 Å². The number of amides is 4. The maximum atomic E-state index is 12.6. The minimum atomic E-state index is -0.719. The number of fused-ring (bicyclic) bond motifs is 1. The Labute approximate surface area is 161 Å². The first-order valence-corrected chi connectivity index (χ1v) is 10.2. The number of quaternary nitrogens is 1. The molecule has 7 nitrogen and oxygen atoms in total. The first kappa shape index (κ1) is 18.1. The van der Waals surface area contributed by atoms with Crippen molar-refractivity contribution in [3.05, 3.63) is 29.3 Å². The third-order valence-electron chi connectivity index (χ3n) is 5.30. The summed E-state index contributed by atoms with van der Waals surface area (Å²) in [4.78, 5) is 45.2. The Kier molecular flexibility index (Phi) is 4.69. The van der Waals surface area contributed by atoms with Gasteiger partial charge in [0.25, 0.3) is 0 Å². The summed E-state index contributed by atoms with van der Waals surface area (Å²) >= 11 is 1.68. The van der Waals surface area contributed by atoms with Crippen LogP contribution < -0.4 is 4.90 Å². The van der Waals surface area contributed by atoms with Crippen LogP contribution in [0.15, 0.2) is 24.3 Å². The van der Waals surface area contributed by atoms with Crippen LogP contribution in [0.25, 0.3) is 10.2 Å². The molecule has 2 atom stereocenters. The number of benzene rings is 1. The van der Waals surface area contributed by atoms with Gasteiger partial charge in [-0.3, -0.25) is 14.5 Å². The fraction of sp³-hybridized carbons (Fsp3) is 0.474. The van der Waals surface area contributed by atoms with E-state index in [1.54, 1.807) is 25.2 Å². The van der Waals surface area contributed by atoms with Gasteiger partial charge in [-0.15, -0.1) is 11.3 Å². The molecule has 0 spiro atoms. The van der Waals surface area contributed by atoms with Crippen LogP contribution in [0.4, 0.5) is 4.79 Å². The Morgan fingerprint density at radius 2 is 1.96 bits per heavy atom. The Morgan fingerprint density at radius 1 is 1.19 bits per heavy atom. The van der Waals surface area contributed by atoms with Gasteiger partial charge in [0, 0.05) is 12.5 Å². The number of para-hydroxylation sites is 1. The normalized spacial score (nSPS) is 23.9. The fourth-order valence-corrected chi connectivity index (χ4v) is 5.09. The lowest BCUT2D eigenvalue weighted by Crippen LogP contribution is -3.14. The van der Waals surface area contributed by atoms with E-state index in [0.29, 0.717) is 0 Å². The highest BCUT2D eigenvalue weighted by molar-refractivity contribution is 7.18. The Morgan fingerprint density at radius 3 is 2.67 bits per heavy atom. The lowest BCUT2D eigenvalue weighted by Gasteiger charge is -2.33. The molecule has 2 aliphatic heterocycles. The Hall–Kier alpha value is -2.32. The van der Waals surface area contributed by atoms with E-state index >= 15 is 0 Å². The second-order valence-corrected chi connectivity index (χ2v) is 8.48. The number of carbonyl (C=O) groups excluding carboxylic acids is 3. The third kappa shape index (κ3) is 3.12. The van der Waals surface area contributed by atoms with E-state index in [-0.39, 0.29) is 18.8 Å². The van der Waals surface area contributed by atoms with Crippen LogP contribution >= 0.6 is 11.3 Å². The standard InChI is InChI=1S/C19H22N4O3S/c1-12(2)23-18(25)17(24)22(19(23)26)11-21-10-6-5-8-14(21)16-20-13-7-3-4-9-15(13)27-16/h3-4,7,9,12,14H,5-6,8,10-11H2,1-2H3/p+1/t14-/m1/s1. The third-order valence-corrected chi connectivity index (χ3v) is 6.45. The molecule has 1 N–H and O–H groups in total. The summed E-state index contributed by atoms with van der Waals surface area (Å²) in [7, 11) is 0. The minimum Gasteiger partial charge on any atom is -0.309 e. The van der Waals surface area contributed by atoms with Crippen molar-refractivity contribution in [3.8, 4) is 0 Å². The topological polar surface area (TPSA) is 75.0 Å². The van der Waals surface area contributed by atoms with Crippen LogP contribution in [0.1, 0.15) is 44.2 Å². The number of nitrogens with zero attached hydrogens (tertiary/aromatic N) is 3. The van der Waals surface area contributed by atoms with Crippen molar-refractivity contribution < 1.29 is 19.3 Å². The second kappa shape index (κ2) is 7.01. The zero-order chi connectivity index (χ0) is 19.1. The highest BCUT2D eigenvalue weighted by Crippen LogP contribution is 2.28. The number of carbonyl (C=O) groups is 3.